The lowest BCUT2D eigenvalue weighted by atomic mass is 9.79. The van der Waals surface area contributed by atoms with E-state index < -0.39 is 5.92 Å². The third-order valence-electron chi connectivity index (χ3n) is 5.53. The number of carbonyl (C=O) groups excluding carboxylic acids is 2. The fourth-order valence-corrected chi connectivity index (χ4v) is 3.90. The van der Waals surface area contributed by atoms with Crippen molar-refractivity contribution in [2.45, 2.75) is 31.7 Å². The van der Waals surface area contributed by atoms with Gasteiger partial charge in [0, 0.05) is 26.2 Å². The van der Waals surface area contributed by atoms with E-state index >= 15 is 0 Å². The molecule has 0 N–H and O–H groups in total. The van der Waals surface area contributed by atoms with Gasteiger partial charge in [0.15, 0.2) is 0 Å². The molecule has 5 nitrogen and oxygen atoms in total. The zero-order valence-electron chi connectivity index (χ0n) is 17.0. The third kappa shape index (κ3) is 3.61. The highest BCUT2D eigenvalue weighted by Crippen LogP contribution is 2.43. The molecule has 0 bridgehead atoms. The van der Waals surface area contributed by atoms with E-state index in [0.29, 0.717) is 12.1 Å². The summed E-state index contributed by atoms with van der Waals surface area (Å²) in [5, 5.41) is 0. The highest BCUT2D eigenvalue weighted by atomic mass is 16.5. The number of amides is 2. The molecule has 2 aromatic carbocycles. The predicted octanol–water partition coefficient (Wildman–Crippen LogP) is 3.86. The minimum absolute atomic E-state index is 0.0427. The number of nitrogens with zero attached hydrogens (tertiary/aromatic N) is 2. The van der Waals surface area contributed by atoms with Gasteiger partial charge in [-0.1, -0.05) is 43.7 Å². The summed E-state index contributed by atoms with van der Waals surface area (Å²) in [4.78, 5) is 30.0. The van der Waals surface area contributed by atoms with Crippen LogP contribution in [0.3, 0.4) is 0 Å². The molecule has 2 aromatic rings. The molecular formula is C23H28N2O3. The number of benzene rings is 2. The van der Waals surface area contributed by atoms with Crippen molar-refractivity contribution >= 4 is 11.8 Å². The second kappa shape index (κ2) is 8.46. The molecule has 0 aromatic heterocycles. The largest absolute Gasteiger partial charge is 0.497 e. The van der Waals surface area contributed by atoms with E-state index in [2.05, 4.69) is 6.92 Å². The first-order valence-electron chi connectivity index (χ1n) is 9.74. The normalized spacial score (nSPS) is 18.6. The summed E-state index contributed by atoms with van der Waals surface area (Å²) < 4.78 is 5.26. The zero-order chi connectivity index (χ0) is 20.3. The number of fused-ring (bicyclic) bond motifs is 1. The summed E-state index contributed by atoms with van der Waals surface area (Å²) in [6.07, 6.45) is 1.98. The topological polar surface area (TPSA) is 49.9 Å². The quantitative estimate of drug-likeness (QED) is 0.765. The monoisotopic (exact) mass is 380 g/mol. The summed E-state index contributed by atoms with van der Waals surface area (Å²) in [5.41, 5.74) is 2.34. The minimum atomic E-state index is -0.436. The highest BCUT2D eigenvalue weighted by Gasteiger charge is 2.43. The van der Waals surface area contributed by atoms with Gasteiger partial charge in [0.1, 0.15) is 5.75 Å². The number of likely N-dealkylation sites (N-methyl/N-ethyl adjacent to an activating group) is 2. The molecule has 1 aliphatic rings. The summed E-state index contributed by atoms with van der Waals surface area (Å²) in [5.74, 6) is 0.295. The SMILES string of the molecule is CCCCN(C)C(=O)[C@H]1c2ccccc2C(=O)N(C)[C@@H]1c1ccc(OC)cc1. The summed E-state index contributed by atoms with van der Waals surface area (Å²) >= 11 is 0. The minimum Gasteiger partial charge on any atom is -0.497 e. The van der Waals surface area contributed by atoms with Gasteiger partial charge in [0.05, 0.1) is 19.1 Å². The average molecular weight is 380 g/mol. The van der Waals surface area contributed by atoms with Crippen LogP contribution in [0.5, 0.6) is 5.75 Å². The molecule has 0 spiro atoms. The van der Waals surface area contributed by atoms with Gasteiger partial charge in [0.25, 0.3) is 5.91 Å². The Bertz CT molecular complexity index is 847. The maximum Gasteiger partial charge on any atom is 0.254 e. The van der Waals surface area contributed by atoms with Crippen LogP contribution in [0.25, 0.3) is 0 Å². The molecular weight excluding hydrogens is 352 g/mol. The van der Waals surface area contributed by atoms with E-state index in [1.54, 1.807) is 24.0 Å². The maximum atomic E-state index is 13.5. The van der Waals surface area contributed by atoms with E-state index in [4.69, 9.17) is 4.74 Å². The van der Waals surface area contributed by atoms with Crippen LogP contribution in [0.1, 0.15) is 53.2 Å². The van der Waals surface area contributed by atoms with E-state index in [-0.39, 0.29) is 17.9 Å². The molecule has 0 saturated carbocycles. The van der Waals surface area contributed by atoms with Crippen molar-refractivity contribution in [3.63, 3.8) is 0 Å². The Morgan fingerprint density at radius 2 is 1.82 bits per heavy atom. The fourth-order valence-electron chi connectivity index (χ4n) is 3.90. The highest BCUT2D eigenvalue weighted by molar-refractivity contribution is 6.01. The predicted molar refractivity (Wildman–Crippen MR) is 110 cm³/mol. The van der Waals surface area contributed by atoms with Gasteiger partial charge < -0.3 is 14.5 Å². The van der Waals surface area contributed by atoms with Crippen LogP contribution in [0.15, 0.2) is 48.5 Å². The standard InChI is InChI=1S/C23H28N2O3/c1-5-6-15-24(2)23(27)20-18-9-7-8-10-19(18)22(26)25(3)21(20)16-11-13-17(28-4)14-12-16/h7-14,20-21H,5-6,15H2,1-4H3/t20-,21+/m0/s1. The van der Waals surface area contributed by atoms with Crippen molar-refractivity contribution in [3.8, 4) is 5.75 Å². The van der Waals surface area contributed by atoms with Gasteiger partial charge in [-0.2, -0.15) is 0 Å². The van der Waals surface area contributed by atoms with Gasteiger partial charge >= 0.3 is 0 Å². The number of carbonyl (C=O) groups is 2. The van der Waals surface area contributed by atoms with Crippen molar-refractivity contribution < 1.29 is 14.3 Å². The summed E-state index contributed by atoms with van der Waals surface area (Å²) in [6.45, 7) is 2.82. The van der Waals surface area contributed by atoms with Crippen molar-refractivity contribution in [1.29, 1.82) is 0 Å². The number of methoxy groups -OCH3 is 1. The molecule has 2 atom stereocenters. The second-order valence-corrected chi connectivity index (χ2v) is 7.31. The molecule has 0 aliphatic carbocycles. The van der Waals surface area contributed by atoms with Crippen LogP contribution in [-0.4, -0.2) is 49.4 Å². The van der Waals surface area contributed by atoms with Crippen LogP contribution in [0.2, 0.25) is 0 Å². The Morgan fingerprint density at radius 3 is 2.46 bits per heavy atom. The smallest absolute Gasteiger partial charge is 0.254 e. The molecule has 1 aliphatic heterocycles. The van der Waals surface area contributed by atoms with E-state index in [1.807, 2.05) is 55.6 Å². The number of hydrogen-bond donors (Lipinski definition) is 0. The van der Waals surface area contributed by atoms with Crippen molar-refractivity contribution in [2.75, 3.05) is 27.7 Å². The van der Waals surface area contributed by atoms with E-state index in [9.17, 15) is 9.59 Å². The number of unbranched alkanes of at least 4 members (excludes halogenated alkanes) is 1. The second-order valence-electron chi connectivity index (χ2n) is 7.31. The van der Waals surface area contributed by atoms with Crippen molar-refractivity contribution in [3.05, 3.63) is 65.2 Å². The van der Waals surface area contributed by atoms with Crippen molar-refractivity contribution in [1.82, 2.24) is 9.80 Å². The number of rotatable bonds is 6. The molecule has 148 valence electrons. The lowest BCUT2D eigenvalue weighted by Gasteiger charge is -2.41. The van der Waals surface area contributed by atoms with Crippen LogP contribution < -0.4 is 4.74 Å². The van der Waals surface area contributed by atoms with Crippen LogP contribution in [-0.2, 0) is 4.79 Å². The molecule has 5 heteroatoms. The Hall–Kier alpha value is -2.82. The van der Waals surface area contributed by atoms with E-state index in [0.717, 1.165) is 29.7 Å². The number of hydrogen-bond acceptors (Lipinski definition) is 3. The molecule has 0 fully saturated rings. The van der Waals surface area contributed by atoms with Gasteiger partial charge in [-0.3, -0.25) is 9.59 Å². The van der Waals surface area contributed by atoms with Crippen molar-refractivity contribution in [2.24, 2.45) is 0 Å². The third-order valence-corrected chi connectivity index (χ3v) is 5.53. The van der Waals surface area contributed by atoms with Gasteiger partial charge in [-0.25, -0.2) is 0 Å². The summed E-state index contributed by atoms with van der Waals surface area (Å²) in [6, 6.07) is 14.7. The Balaban J connectivity index is 2.08. The molecule has 0 radical (unpaired) electrons. The van der Waals surface area contributed by atoms with Gasteiger partial charge in [0.2, 0.25) is 5.91 Å². The fraction of sp³-hybridized carbons (Fsp3) is 0.391. The zero-order valence-corrected chi connectivity index (χ0v) is 17.0. The molecule has 1 heterocycles. The van der Waals surface area contributed by atoms with E-state index in [1.165, 1.54) is 0 Å². The Kier molecular flexibility index (Phi) is 6.02. The van der Waals surface area contributed by atoms with Gasteiger partial charge in [-0.05, 0) is 35.7 Å². The Labute approximate surface area is 166 Å². The van der Waals surface area contributed by atoms with Crippen LogP contribution >= 0.6 is 0 Å². The molecule has 2 amide bonds. The van der Waals surface area contributed by atoms with Crippen LogP contribution in [0.4, 0.5) is 0 Å². The molecule has 0 unspecified atom stereocenters. The lowest BCUT2D eigenvalue weighted by Crippen LogP contribution is -2.46. The Morgan fingerprint density at radius 1 is 1.14 bits per heavy atom. The molecule has 3 rings (SSSR count). The van der Waals surface area contributed by atoms with Gasteiger partial charge in [-0.15, -0.1) is 0 Å². The number of ether oxygens (including phenoxy) is 1. The first-order valence-corrected chi connectivity index (χ1v) is 9.74. The summed E-state index contributed by atoms with van der Waals surface area (Å²) in [7, 11) is 5.25. The lowest BCUT2D eigenvalue weighted by molar-refractivity contribution is -0.133. The molecule has 0 saturated heterocycles. The maximum absolute atomic E-state index is 13.5. The first kappa shape index (κ1) is 19.9. The molecule has 28 heavy (non-hydrogen) atoms. The first-order chi connectivity index (χ1) is 13.5. The average Bonchev–Trinajstić information content (AvgIpc) is 2.74. The van der Waals surface area contributed by atoms with Crippen LogP contribution in [0, 0.1) is 0 Å².